The lowest BCUT2D eigenvalue weighted by molar-refractivity contribution is -0.305. The topological polar surface area (TPSA) is 152 Å². The van der Waals surface area contributed by atoms with Crippen LogP contribution >= 0.6 is 0 Å². The number of aliphatic hydroxyl groups is 4. The van der Waals surface area contributed by atoms with Crippen molar-refractivity contribution >= 4 is 11.9 Å². The monoisotopic (exact) mass is 749 g/mol. The average molecular weight is 749 g/mol. The highest BCUT2D eigenvalue weighted by Gasteiger charge is 2.44. The van der Waals surface area contributed by atoms with Crippen molar-refractivity contribution in [2.24, 2.45) is 0 Å². The van der Waals surface area contributed by atoms with Crippen LogP contribution in [0, 0.1) is 0 Å². The summed E-state index contributed by atoms with van der Waals surface area (Å²) in [6.45, 7) is 3.15. The maximum absolute atomic E-state index is 12.7. The van der Waals surface area contributed by atoms with Gasteiger partial charge in [0.1, 0.15) is 31.0 Å². The summed E-state index contributed by atoms with van der Waals surface area (Å²) < 4.78 is 22.1. The highest BCUT2D eigenvalue weighted by molar-refractivity contribution is 5.70. The smallest absolute Gasteiger partial charge is 0.306 e. The van der Waals surface area contributed by atoms with Crippen molar-refractivity contribution in [2.75, 3.05) is 19.8 Å². The summed E-state index contributed by atoms with van der Waals surface area (Å²) in [5, 5.41) is 40.0. The molecule has 0 aromatic carbocycles. The van der Waals surface area contributed by atoms with Gasteiger partial charge in [0.2, 0.25) is 0 Å². The van der Waals surface area contributed by atoms with Crippen LogP contribution in [0.15, 0.2) is 60.8 Å². The van der Waals surface area contributed by atoms with Crippen molar-refractivity contribution in [2.45, 2.75) is 179 Å². The van der Waals surface area contributed by atoms with E-state index in [2.05, 4.69) is 74.6 Å². The first-order valence-corrected chi connectivity index (χ1v) is 20.4. The third kappa shape index (κ3) is 25.9. The van der Waals surface area contributed by atoms with E-state index in [4.69, 9.17) is 18.9 Å². The molecule has 0 saturated carbocycles. The van der Waals surface area contributed by atoms with Crippen molar-refractivity contribution < 1.29 is 49.0 Å². The Morgan fingerprint density at radius 2 is 1.06 bits per heavy atom. The van der Waals surface area contributed by atoms with E-state index in [0.29, 0.717) is 12.8 Å². The van der Waals surface area contributed by atoms with Crippen LogP contribution in [0.25, 0.3) is 0 Å². The van der Waals surface area contributed by atoms with Gasteiger partial charge in [0.05, 0.1) is 13.2 Å². The van der Waals surface area contributed by atoms with Crippen molar-refractivity contribution in [3.63, 3.8) is 0 Å². The summed E-state index contributed by atoms with van der Waals surface area (Å²) in [5.74, 6) is -0.847. The van der Waals surface area contributed by atoms with E-state index in [1.165, 1.54) is 0 Å². The zero-order valence-electron chi connectivity index (χ0n) is 32.7. The van der Waals surface area contributed by atoms with Crippen LogP contribution in [-0.2, 0) is 28.5 Å². The Bertz CT molecular complexity index is 1050. The minimum Gasteiger partial charge on any atom is -0.462 e. The van der Waals surface area contributed by atoms with E-state index in [-0.39, 0.29) is 26.1 Å². The fraction of sp³-hybridized carbons (Fsp3) is 0.721. The Labute approximate surface area is 320 Å². The maximum atomic E-state index is 12.7. The van der Waals surface area contributed by atoms with E-state index < -0.39 is 55.4 Å². The van der Waals surface area contributed by atoms with Crippen LogP contribution in [0.4, 0.5) is 0 Å². The Balaban J connectivity index is 2.39. The Kier molecular flexibility index (Phi) is 31.0. The molecule has 0 amide bonds. The normalized spacial score (nSPS) is 21.5. The minimum absolute atomic E-state index is 0.211. The van der Waals surface area contributed by atoms with Gasteiger partial charge in [-0.1, -0.05) is 120 Å². The number of ether oxygens (including phenoxy) is 4. The molecule has 1 aliphatic heterocycles. The molecule has 1 heterocycles. The molecule has 1 aliphatic rings. The van der Waals surface area contributed by atoms with Gasteiger partial charge < -0.3 is 39.4 Å². The summed E-state index contributed by atoms with van der Waals surface area (Å²) in [6, 6.07) is 0. The van der Waals surface area contributed by atoms with Gasteiger partial charge in [-0.2, -0.15) is 0 Å². The maximum Gasteiger partial charge on any atom is 0.306 e. The number of hydrogen-bond donors (Lipinski definition) is 4. The molecular weight excluding hydrogens is 676 g/mol. The second-order valence-corrected chi connectivity index (χ2v) is 13.7. The van der Waals surface area contributed by atoms with Crippen LogP contribution in [0.3, 0.4) is 0 Å². The predicted molar refractivity (Wildman–Crippen MR) is 210 cm³/mol. The molecule has 1 rings (SSSR count). The summed E-state index contributed by atoms with van der Waals surface area (Å²) >= 11 is 0. The number of allylic oxidation sites excluding steroid dienone is 10. The van der Waals surface area contributed by atoms with Crippen molar-refractivity contribution in [1.29, 1.82) is 0 Å². The number of unbranched alkanes of at least 4 members (excludes halogenated alkanes) is 11. The van der Waals surface area contributed by atoms with Gasteiger partial charge in [0.15, 0.2) is 12.4 Å². The van der Waals surface area contributed by atoms with Gasteiger partial charge in [0.25, 0.3) is 0 Å². The fourth-order valence-electron chi connectivity index (χ4n) is 5.71. The number of hydrogen-bond acceptors (Lipinski definition) is 10. The Morgan fingerprint density at radius 1 is 0.585 bits per heavy atom. The molecule has 4 N–H and O–H groups in total. The largest absolute Gasteiger partial charge is 0.462 e. The third-order valence-corrected chi connectivity index (χ3v) is 8.90. The quantitative estimate of drug-likeness (QED) is 0.0304. The molecule has 53 heavy (non-hydrogen) atoms. The highest BCUT2D eigenvalue weighted by atomic mass is 16.7. The molecular formula is C43H72O10. The minimum atomic E-state index is -1.60. The lowest BCUT2D eigenvalue weighted by Crippen LogP contribution is -2.59. The van der Waals surface area contributed by atoms with E-state index in [1.807, 2.05) is 0 Å². The molecule has 10 heteroatoms. The Morgan fingerprint density at radius 3 is 1.58 bits per heavy atom. The first kappa shape index (κ1) is 48.4. The molecule has 10 nitrogen and oxygen atoms in total. The van der Waals surface area contributed by atoms with Crippen LogP contribution in [0.5, 0.6) is 0 Å². The second kappa shape index (κ2) is 33.9. The zero-order chi connectivity index (χ0) is 38.8. The predicted octanol–water partition coefficient (Wildman–Crippen LogP) is 7.88. The van der Waals surface area contributed by atoms with Gasteiger partial charge in [-0.25, -0.2) is 0 Å². The average Bonchev–Trinajstić information content (AvgIpc) is 3.15. The van der Waals surface area contributed by atoms with Gasteiger partial charge >= 0.3 is 11.9 Å². The van der Waals surface area contributed by atoms with Crippen LogP contribution in [0.2, 0.25) is 0 Å². The van der Waals surface area contributed by atoms with Crippen molar-refractivity contribution in [1.82, 2.24) is 0 Å². The molecule has 304 valence electrons. The molecule has 1 saturated heterocycles. The number of carbonyl (C=O) groups is 2. The highest BCUT2D eigenvalue weighted by Crippen LogP contribution is 2.22. The number of carbonyl (C=O) groups excluding carboxylic acids is 2. The molecule has 6 atom stereocenters. The standard InChI is InChI=1S/C43H72O10/c1-3-5-7-9-11-13-15-17-18-20-21-23-25-27-29-31-38(45)50-34-36(35-51-43-42(49)41(48)40(47)37(33-44)53-43)52-39(46)32-30-28-26-24-22-19-16-14-12-10-8-6-4-2/h5-8,11-14,17-18,36-37,40-44,47-49H,3-4,9-10,15-16,19-35H2,1-2H3/b7-5-,8-6-,13-11-,14-12-,18-17-/t36-,37-,40+,41+,42-,43-/m1/s1. The lowest BCUT2D eigenvalue weighted by atomic mass is 9.99. The summed E-state index contributed by atoms with van der Waals surface area (Å²) in [7, 11) is 0. The molecule has 0 aliphatic carbocycles. The summed E-state index contributed by atoms with van der Waals surface area (Å²) in [4.78, 5) is 25.2. The second-order valence-electron chi connectivity index (χ2n) is 13.7. The molecule has 0 spiro atoms. The SMILES string of the molecule is CC/C=C\C/C=C\C/C=C\CCCCCCCC(=O)OC[C@H](CO[C@@H]1O[C@H](CO)[C@H](O)[C@H](O)[C@H]1O)OC(=O)CCCCCCCC/C=C\C/C=C\CC. The molecule has 0 aromatic rings. The van der Waals surface area contributed by atoms with E-state index in [9.17, 15) is 30.0 Å². The van der Waals surface area contributed by atoms with Gasteiger partial charge in [0, 0.05) is 12.8 Å². The van der Waals surface area contributed by atoms with Crippen LogP contribution in [-0.4, -0.2) is 89.0 Å². The molecule has 0 bridgehead atoms. The van der Waals surface area contributed by atoms with Crippen molar-refractivity contribution in [3.05, 3.63) is 60.8 Å². The van der Waals surface area contributed by atoms with Gasteiger partial charge in [-0.05, 0) is 70.6 Å². The molecule has 0 unspecified atom stereocenters. The molecule has 0 radical (unpaired) electrons. The van der Waals surface area contributed by atoms with E-state index >= 15 is 0 Å². The van der Waals surface area contributed by atoms with Crippen LogP contribution in [0.1, 0.15) is 142 Å². The van der Waals surface area contributed by atoms with Crippen molar-refractivity contribution in [3.8, 4) is 0 Å². The first-order chi connectivity index (χ1) is 25.8. The molecule has 1 fully saturated rings. The number of esters is 2. The van der Waals surface area contributed by atoms with Gasteiger partial charge in [-0.15, -0.1) is 0 Å². The fourth-order valence-corrected chi connectivity index (χ4v) is 5.71. The number of aliphatic hydroxyl groups excluding tert-OH is 4. The van der Waals surface area contributed by atoms with E-state index in [0.717, 1.165) is 103 Å². The van der Waals surface area contributed by atoms with Crippen LogP contribution < -0.4 is 0 Å². The van der Waals surface area contributed by atoms with E-state index in [1.54, 1.807) is 0 Å². The summed E-state index contributed by atoms with van der Waals surface area (Å²) in [6.07, 6.45) is 32.3. The molecule has 0 aromatic heterocycles. The first-order valence-electron chi connectivity index (χ1n) is 20.4. The lowest BCUT2D eigenvalue weighted by Gasteiger charge is -2.39. The third-order valence-electron chi connectivity index (χ3n) is 8.90. The van der Waals surface area contributed by atoms with Gasteiger partial charge in [-0.3, -0.25) is 9.59 Å². The zero-order valence-corrected chi connectivity index (χ0v) is 32.7. The number of rotatable bonds is 32. The Hall–Kier alpha value is -2.60. The summed E-state index contributed by atoms with van der Waals surface area (Å²) in [5.41, 5.74) is 0.